The molecule has 5 nitrogen and oxygen atoms in total. The highest BCUT2D eigenvalue weighted by Gasteiger charge is 2.52. The van der Waals surface area contributed by atoms with Crippen molar-refractivity contribution < 1.29 is 33.8 Å². The molecule has 0 fully saturated rings. The van der Waals surface area contributed by atoms with Crippen molar-refractivity contribution >= 4 is 11.9 Å². The van der Waals surface area contributed by atoms with Crippen molar-refractivity contribution in [3.8, 4) is 0 Å². The maximum Gasteiger partial charge on any atom is 0.338 e. The van der Waals surface area contributed by atoms with E-state index in [0.717, 1.165) is 0 Å². The predicted octanol–water partition coefficient (Wildman–Crippen LogP) is 2.41. The lowest BCUT2D eigenvalue weighted by atomic mass is 9.76. The zero-order valence-electron chi connectivity index (χ0n) is 16.6. The lowest BCUT2D eigenvalue weighted by Crippen LogP contribution is -2.53. The number of hydrogen-bond acceptors (Lipinski definition) is 5. The monoisotopic (exact) mass is 273 g/mol. The average Bonchev–Trinajstić information content (AvgIpc) is 2.46. The molecule has 0 amide bonds. The van der Waals surface area contributed by atoms with E-state index in [1.54, 1.807) is 0 Å². The zero-order valence-corrected chi connectivity index (χ0v) is 9.57. The van der Waals surface area contributed by atoms with E-state index < -0.39 is 50.9 Å². The normalized spacial score (nSPS) is 21.5. The zero-order chi connectivity index (χ0) is 19.1. The first-order chi connectivity index (χ1) is 10.4. The molecule has 2 atom stereocenters. The van der Waals surface area contributed by atoms with Gasteiger partial charge in [0.2, 0.25) is 0 Å². The van der Waals surface area contributed by atoms with Crippen LogP contribution in [0.15, 0.2) is 0 Å². The van der Waals surface area contributed by atoms with Crippen LogP contribution in [-0.2, 0) is 19.1 Å². The van der Waals surface area contributed by atoms with Crippen molar-refractivity contribution in [1.82, 2.24) is 0 Å². The quantitative estimate of drug-likeness (QED) is 0.799. The van der Waals surface area contributed by atoms with Crippen molar-refractivity contribution in [3.63, 3.8) is 0 Å². The van der Waals surface area contributed by atoms with Gasteiger partial charge in [0.25, 0.3) is 0 Å². The van der Waals surface area contributed by atoms with Crippen LogP contribution in [0.3, 0.4) is 0 Å². The highest BCUT2D eigenvalue weighted by atomic mass is 16.5. The van der Waals surface area contributed by atoms with E-state index in [4.69, 9.17) is 9.60 Å². The summed E-state index contributed by atoms with van der Waals surface area (Å²) in [5.41, 5.74) is -6.41. The molecule has 0 aliphatic rings. The Morgan fingerprint density at radius 3 is 1.89 bits per heavy atom. The molecule has 112 valence electrons. The topological polar surface area (TPSA) is 72.8 Å². The minimum atomic E-state index is -3.57. The van der Waals surface area contributed by atoms with Crippen LogP contribution in [-0.4, -0.2) is 36.8 Å². The molecule has 0 aliphatic carbocycles. The van der Waals surface area contributed by atoms with E-state index in [-0.39, 0.29) is 14.9 Å². The smallest absolute Gasteiger partial charge is 0.338 e. The summed E-state index contributed by atoms with van der Waals surface area (Å²) >= 11 is 0. The van der Waals surface area contributed by atoms with Crippen LogP contribution in [0.1, 0.15) is 58.9 Å². The van der Waals surface area contributed by atoms with Crippen LogP contribution in [0.2, 0.25) is 0 Å². The van der Waals surface area contributed by atoms with Gasteiger partial charge in [-0.25, -0.2) is 4.79 Å². The first-order valence-corrected chi connectivity index (χ1v) is 4.41. The maximum absolute atomic E-state index is 11.9. The van der Waals surface area contributed by atoms with Crippen LogP contribution < -0.4 is 0 Å². The van der Waals surface area contributed by atoms with Crippen molar-refractivity contribution in [3.05, 3.63) is 0 Å². The summed E-state index contributed by atoms with van der Waals surface area (Å²) in [5.74, 6) is -3.42. The summed E-state index contributed by atoms with van der Waals surface area (Å²) in [6, 6.07) is 0. The molecule has 0 heterocycles. The first kappa shape index (κ1) is 10.8. The van der Waals surface area contributed by atoms with Gasteiger partial charge in [0.1, 0.15) is 5.41 Å². The molecule has 0 radical (unpaired) electrons. The fourth-order valence-corrected chi connectivity index (χ4v) is 0.614. The fraction of sp³-hybridized carbons (Fsp3) is 0.846. The van der Waals surface area contributed by atoms with Crippen LogP contribution >= 0.6 is 0 Å². The Bertz CT molecular complexity index is 403. The standard InChI is InChI=1S/C9H16O5.C2H6.2CH4/c1-8(2,6(10)13-4)9(3,12)7(11)14-5;1-2;;/h12H,1-5H3;1-2H3;2*1H4/i1D2,3D3,4D,5D;;;. The van der Waals surface area contributed by atoms with E-state index in [9.17, 15) is 14.7 Å². The molecule has 0 rings (SSSR count). The highest BCUT2D eigenvalue weighted by Crippen LogP contribution is 2.32. The van der Waals surface area contributed by atoms with Gasteiger partial charge < -0.3 is 14.6 Å². The van der Waals surface area contributed by atoms with Gasteiger partial charge in [-0.05, 0) is 20.7 Å². The van der Waals surface area contributed by atoms with Gasteiger partial charge in [-0.3, -0.25) is 4.79 Å². The lowest BCUT2D eigenvalue weighted by molar-refractivity contribution is -0.186. The third-order valence-electron chi connectivity index (χ3n) is 1.73. The van der Waals surface area contributed by atoms with Gasteiger partial charge in [0.15, 0.2) is 5.60 Å². The van der Waals surface area contributed by atoms with E-state index >= 15 is 0 Å². The Morgan fingerprint density at radius 2 is 1.56 bits per heavy atom. The summed E-state index contributed by atoms with van der Waals surface area (Å²) in [4.78, 5) is 23.7. The van der Waals surface area contributed by atoms with Gasteiger partial charge >= 0.3 is 11.9 Å². The van der Waals surface area contributed by atoms with Crippen molar-refractivity contribution in [2.24, 2.45) is 5.41 Å². The predicted molar refractivity (Wildman–Crippen MR) is 73.2 cm³/mol. The molecule has 0 bridgehead atoms. The Morgan fingerprint density at radius 1 is 1.11 bits per heavy atom. The van der Waals surface area contributed by atoms with Crippen molar-refractivity contribution in [2.75, 3.05) is 14.2 Å². The van der Waals surface area contributed by atoms with Crippen LogP contribution in [0.5, 0.6) is 0 Å². The van der Waals surface area contributed by atoms with Crippen molar-refractivity contribution in [2.45, 2.75) is 55.0 Å². The molecule has 0 aliphatic heterocycles. The average molecular weight is 273 g/mol. The molecule has 0 saturated carbocycles. The molecule has 0 aromatic carbocycles. The largest absolute Gasteiger partial charge is 0.469 e. The Hall–Kier alpha value is -1.10. The maximum atomic E-state index is 11.9. The van der Waals surface area contributed by atoms with Gasteiger partial charge in [0, 0.05) is 6.85 Å². The van der Waals surface area contributed by atoms with E-state index in [0.29, 0.717) is 6.92 Å². The van der Waals surface area contributed by atoms with E-state index in [1.165, 1.54) is 0 Å². The number of methoxy groups -OCH3 is 2. The van der Waals surface area contributed by atoms with Gasteiger partial charge in [0.05, 0.1) is 16.9 Å². The number of aliphatic hydroxyl groups is 1. The second kappa shape index (κ2) is 9.88. The van der Waals surface area contributed by atoms with E-state index in [2.05, 4.69) is 9.47 Å². The van der Waals surface area contributed by atoms with Crippen LogP contribution in [0.4, 0.5) is 0 Å². The number of esters is 2. The number of carbonyl (C=O) groups excluding carboxylic acids is 2. The van der Waals surface area contributed by atoms with Gasteiger partial charge in [-0.1, -0.05) is 28.7 Å². The van der Waals surface area contributed by atoms with Gasteiger partial charge in [-0.15, -0.1) is 0 Å². The van der Waals surface area contributed by atoms with Crippen molar-refractivity contribution in [1.29, 1.82) is 0 Å². The molecule has 0 saturated heterocycles. The summed E-state index contributed by atoms with van der Waals surface area (Å²) in [7, 11) is -1.98. The molecule has 5 heteroatoms. The third-order valence-corrected chi connectivity index (χ3v) is 1.73. The molecule has 2 unspecified atom stereocenters. The molecule has 0 spiro atoms. The molecular weight excluding hydrogens is 236 g/mol. The third kappa shape index (κ3) is 5.04. The van der Waals surface area contributed by atoms with Gasteiger partial charge in [-0.2, -0.15) is 0 Å². The number of carbonyl (C=O) groups is 2. The van der Waals surface area contributed by atoms with Crippen LogP contribution in [0.25, 0.3) is 0 Å². The molecule has 18 heavy (non-hydrogen) atoms. The number of hydrogen-bond donors (Lipinski definition) is 1. The second-order valence-electron chi connectivity index (χ2n) is 2.78. The minimum Gasteiger partial charge on any atom is -0.469 e. The second-order valence-corrected chi connectivity index (χ2v) is 2.78. The minimum absolute atomic E-state index is 0. The Labute approximate surface area is 121 Å². The molecular formula is C13H30O5. The highest BCUT2D eigenvalue weighted by molar-refractivity contribution is 5.89. The Balaban J connectivity index is -0.000000530. The molecule has 0 aromatic rings. The first-order valence-electron chi connectivity index (χ1n) is 8.48. The lowest BCUT2D eigenvalue weighted by Gasteiger charge is -2.34. The Kier molecular flexibility index (Phi) is 5.92. The van der Waals surface area contributed by atoms with E-state index in [1.807, 2.05) is 13.8 Å². The summed E-state index contributed by atoms with van der Waals surface area (Å²) < 4.78 is 58.4. The number of ether oxygens (including phenoxy) is 2. The molecule has 0 aromatic heterocycles. The summed E-state index contributed by atoms with van der Waals surface area (Å²) in [6.07, 6.45) is 0. The summed E-state index contributed by atoms with van der Waals surface area (Å²) in [5, 5.41) is 10.3. The summed E-state index contributed by atoms with van der Waals surface area (Å²) in [6.45, 7) is -1.16. The number of rotatable bonds is 3. The molecule has 1 N–H and O–H groups in total. The van der Waals surface area contributed by atoms with Crippen LogP contribution in [0, 0.1) is 5.41 Å². The fourth-order valence-electron chi connectivity index (χ4n) is 0.614. The SMILES string of the molecule is C.C.CC.[2H]COC(=O)C(C)(C([2H])[2H])C(O)(C(=O)OC[2H])C([2H])([2H])[2H].